The summed E-state index contributed by atoms with van der Waals surface area (Å²) in [7, 11) is 0. The van der Waals surface area contributed by atoms with Crippen molar-refractivity contribution in [3.63, 3.8) is 0 Å². The highest BCUT2D eigenvalue weighted by Crippen LogP contribution is 2.36. The zero-order valence-corrected chi connectivity index (χ0v) is 16.0. The lowest BCUT2D eigenvalue weighted by Gasteiger charge is -2.16. The Morgan fingerprint density at radius 3 is 2.76 bits per heavy atom. The SMILES string of the molecule is CC(C)n1nc(CO)c(OC[C@H]2CCOC2)c1Nc1ncc(C(F)(F)F)c(N)n1. The molecule has 0 saturated carbocycles. The Labute approximate surface area is 165 Å². The summed E-state index contributed by atoms with van der Waals surface area (Å²) in [6.07, 6.45) is -3.18. The molecule has 0 aliphatic carbocycles. The van der Waals surface area contributed by atoms with Gasteiger partial charge in [0.1, 0.15) is 17.1 Å². The standard InChI is InChI=1S/C17H23F3N6O3/c1-9(2)26-15(24-16-22-5-11(14(21)23-16)17(18,19)20)13(12(6-27)25-26)29-8-10-3-4-28-7-10/h5,9-10,27H,3-4,6-8H2,1-2H3,(H3,21,22,23,24)/t10-/m0/s1. The van der Waals surface area contributed by atoms with E-state index in [9.17, 15) is 18.3 Å². The number of nitrogens with zero attached hydrogens (tertiary/aromatic N) is 4. The molecule has 29 heavy (non-hydrogen) atoms. The first-order chi connectivity index (χ1) is 13.7. The summed E-state index contributed by atoms with van der Waals surface area (Å²) in [6.45, 7) is 4.93. The molecule has 0 aromatic carbocycles. The number of ether oxygens (including phenoxy) is 2. The van der Waals surface area contributed by atoms with Gasteiger partial charge >= 0.3 is 6.18 Å². The summed E-state index contributed by atoms with van der Waals surface area (Å²) in [5.41, 5.74) is 4.63. The first-order valence-electron chi connectivity index (χ1n) is 9.10. The van der Waals surface area contributed by atoms with E-state index in [4.69, 9.17) is 15.2 Å². The number of nitrogens with one attached hydrogen (secondary N) is 1. The predicted octanol–water partition coefficient (Wildman–Crippen LogP) is 2.51. The molecular formula is C17H23F3N6O3. The van der Waals surface area contributed by atoms with Gasteiger partial charge in [-0.2, -0.15) is 23.3 Å². The third-order valence-electron chi connectivity index (χ3n) is 4.41. The van der Waals surface area contributed by atoms with Gasteiger partial charge in [-0.3, -0.25) is 0 Å². The molecular weight excluding hydrogens is 393 g/mol. The minimum atomic E-state index is -4.65. The first-order valence-corrected chi connectivity index (χ1v) is 9.10. The summed E-state index contributed by atoms with van der Waals surface area (Å²) in [5, 5.41) is 16.8. The number of hydrogen-bond acceptors (Lipinski definition) is 8. The van der Waals surface area contributed by atoms with E-state index >= 15 is 0 Å². The third-order valence-corrected chi connectivity index (χ3v) is 4.41. The molecule has 0 unspecified atom stereocenters. The number of aliphatic hydroxyl groups is 1. The van der Waals surface area contributed by atoms with E-state index in [1.807, 2.05) is 13.8 Å². The van der Waals surface area contributed by atoms with Gasteiger partial charge in [0.05, 0.1) is 19.8 Å². The van der Waals surface area contributed by atoms with Gasteiger partial charge in [-0.1, -0.05) is 0 Å². The van der Waals surface area contributed by atoms with Gasteiger partial charge in [0, 0.05) is 24.8 Å². The predicted molar refractivity (Wildman–Crippen MR) is 97.7 cm³/mol. The fourth-order valence-corrected chi connectivity index (χ4v) is 2.90. The molecule has 1 aliphatic heterocycles. The summed E-state index contributed by atoms with van der Waals surface area (Å²) in [6, 6.07) is -0.137. The molecule has 9 nitrogen and oxygen atoms in total. The molecule has 0 amide bonds. The van der Waals surface area contributed by atoms with Crippen LogP contribution in [0.4, 0.5) is 30.8 Å². The van der Waals surface area contributed by atoms with Crippen molar-refractivity contribution < 1.29 is 27.8 Å². The number of aromatic nitrogens is 4. The van der Waals surface area contributed by atoms with Crippen LogP contribution in [0, 0.1) is 5.92 Å². The van der Waals surface area contributed by atoms with Crippen LogP contribution in [0.1, 0.15) is 37.6 Å². The molecule has 1 atom stereocenters. The molecule has 4 N–H and O–H groups in total. The quantitative estimate of drug-likeness (QED) is 0.630. The van der Waals surface area contributed by atoms with Crippen LogP contribution in [0.3, 0.4) is 0 Å². The van der Waals surface area contributed by atoms with E-state index in [0.29, 0.717) is 37.5 Å². The zero-order chi connectivity index (χ0) is 21.2. The van der Waals surface area contributed by atoms with Gasteiger partial charge in [-0.25, -0.2) is 9.67 Å². The average Bonchev–Trinajstić information content (AvgIpc) is 3.26. The molecule has 0 radical (unpaired) electrons. The van der Waals surface area contributed by atoms with Crippen LogP contribution in [0.15, 0.2) is 6.20 Å². The van der Waals surface area contributed by atoms with Crippen molar-refractivity contribution in [2.45, 2.75) is 39.1 Å². The van der Waals surface area contributed by atoms with Gasteiger partial charge in [0.2, 0.25) is 5.95 Å². The highest BCUT2D eigenvalue weighted by atomic mass is 19.4. The van der Waals surface area contributed by atoms with Crippen LogP contribution in [0.2, 0.25) is 0 Å². The molecule has 2 aromatic rings. The molecule has 160 valence electrons. The zero-order valence-electron chi connectivity index (χ0n) is 16.0. The highest BCUT2D eigenvalue weighted by molar-refractivity contribution is 5.61. The van der Waals surface area contributed by atoms with Crippen LogP contribution in [0.5, 0.6) is 5.75 Å². The summed E-state index contributed by atoms with van der Waals surface area (Å²) >= 11 is 0. The van der Waals surface area contributed by atoms with Crippen molar-refractivity contribution >= 4 is 17.6 Å². The molecule has 1 aliphatic rings. The van der Waals surface area contributed by atoms with Crippen LogP contribution >= 0.6 is 0 Å². The van der Waals surface area contributed by atoms with Crippen molar-refractivity contribution in [2.75, 3.05) is 30.9 Å². The first kappa shape index (κ1) is 21.1. The second-order valence-corrected chi connectivity index (χ2v) is 6.98. The summed E-state index contributed by atoms with van der Waals surface area (Å²) in [5.74, 6) is -0.0264. The maximum atomic E-state index is 12.9. The van der Waals surface area contributed by atoms with Crippen LogP contribution in [-0.2, 0) is 17.5 Å². The Morgan fingerprint density at radius 2 is 2.21 bits per heavy atom. The van der Waals surface area contributed by atoms with Crippen molar-refractivity contribution in [3.05, 3.63) is 17.5 Å². The van der Waals surface area contributed by atoms with Gasteiger partial charge in [-0.05, 0) is 20.3 Å². The number of aliphatic hydroxyl groups excluding tert-OH is 1. The number of nitrogen functional groups attached to an aromatic ring is 1. The smallest absolute Gasteiger partial charge is 0.421 e. The monoisotopic (exact) mass is 416 g/mol. The number of rotatable bonds is 7. The molecule has 0 bridgehead atoms. The Bertz CT molecular complexity index is 850. The lowest BCUT2D eigenvalue weighted by atomic mass is 10.1. The van der Waals surface area contributed by atoms with Crippen molar-refractivity contribution in [2.24, 2.45) is 5.92 Å². The van der Waals surface area contributed by atoms with Crippen molar-refractivity contribution in [3.8, 4) is 5.75 Å². The lowest BCUT2D eigenvalue weighted by molar-refractivity contribution is -0.137. The number of hydrogen-bond donors (Lipinski definition) is 3. The minimum Gasteiger partial charge on any atom is -0.487 e. The topological polar surface area (TPSA) is 120 Å². The van der Waals surface area contributed by atoms with E-state index in [-0.39, 0.29) is 30.3 Å². The molecule has 3 rings (SSSR count). The highest BCUT2D eigenvalue weighted by Gasteiger charge is 2.34. The Morgan fingerprint density at radius 1 is 1.45 bits per heavy atom. The van der Waals surface area contributed by atoms with Crippen molar-refractivity contribution in [1.29, 1.82) is 0 Å². The van der Waals surface area contributed by atoms with E-state index in [1.165, 1.54) is 0 Å². The normalized spacial score (nSPS) is 17.1. The van der Waals surface area contributed by atoms with E-state index in [1.54, 1.807) is 4.68 Å². The lowest BCUT2D eigenvalue weighted by Crippen LogP contribution is -2.15. The van der Waals surface area contributed by atoms with Gasteiger partial charge in [0.15, 0.2) is 11.6 Å². The third kappa shape index (κ3) is 4.70. The van der Waals surface area contributed by atoms with Crippen LogP contribution < -0.4 is 15.8 Å². The largest absolute Gasteiger partial charge is 0.487 e. The average molecular weight is 416 g/mol. The Hall–Kier alpha value is -2.60. The Kier molecular flexibility index (Phi) is 6.13. The molecule has 2 aromatic heterocycles. The number of alkyl halides is 3. The Balaban J connectivity index is 1.91. The van der Waals surface area contributed by atoms with Crippen LogP contribution in [0.25, 0.3) is 0 Å². The second-order valence-electron chi connectivity index (χ2n) is 6.98. The molecule has 0 spiro atoms. The van der Waals surface area contributed by atoms with Gasteiger partial charge < -0.3 is 25.6 Å². The van der Waals surface area contributed by atoms with Gasteiger partial charge in [0.25, 0.3) is 0 Å². The second kappa shape index (κ2) is 8.41. The summed E-state index contributed by atoms with van der Waals surface area (Å²) in [4.78, 5) is 7.42. The molecule has 1 saturated heterocycles. The fraction of sp³-hybridized carbons (Fsp3) is 0.588. The molecule has 1 fully saturated rings. The van der Waals surface area contributed by atoms with E-state index in [2.05, 4.69) is 20.4 Å². The number of halogens is 3. The maximum Gasteiger partial charge on any atom is 0.421 e. The number of anilines is 3. The fourth-order valence-electron chi connectivity index (χ4n) is 2.90. The minimum absolute atomic E-state index is 0.137. The molecule has 12 heteroatoms. The van der Waals surface area contributed by atoms with Crippen molar-refractivity contribution in [1.82, 2.24) is 19.7 Å². The molecule has 3 heterocycles. The van der Waals surface area contributed by atoms with E-state index in [0.717, 1.165) is 6.42 Å². The van der Waals surface area contributed by atoms with E-state index < -0.39 is 17.6 Å². The summed E-state index contributed by atoms with van der Waals surface area (Å²) < 4.78 is 51.4. The van der Waals surface area contributed by atoms with Gasteiger partial charge in [-0.15, -0.1) is 0 Å². The number of nitrogens with two attached hydrogens (primary N) is 1. The van der Waals surface area contributed by atoms with Crippen LogP contribution in [-0.4, -0.2) is 44.7 Å². The maximum absolute atomic E-state index is 12.9.